The van der Waals surface area contributed by atoms with E-state index in [2.05, 4.69) is 16.3 Å². The Kier molecular flexibility index (Phi) is 5.68. The molecule has 0 bridgehead atoms. The second kappa shape index (κ2) is 8.67. The molecule has 3 aliphatic heterocycles. The number of carbonyl (C=O) groups excluding carboxylic acids is 3. The zero-order chi connectivity index (χ0) is 23.9. The Bertz CT molecular complexity index is 1210. The molecule has 174 valence electrons. The highest BCUT2D eigenvalue weighted by molar-refractivity contribution is 6.05. The number of nitrogens with zero attached hydrogens (tertiary/aromatic N) is 3. The largest absolute Gasteiger partial charge is 0.385 e. The van der Waals surface area contributed by atoms with Gasteiger partial charge in [-0.15, -0.1) is 0 Å². The molecule has 1 unspecified atom stereocenters. The summed E-state index contributed by atoms with van der Waals surface area (Å²) in [4.78, 5) is 40.4. The van der Waals surface area contributed by atoms with E-state index in [-0.39, 0.29) is 18.2 Å². The highest BCUT2D eigenvalue weighted by Gasteiger charge is 2.40. The highest BCUT2D eigenvalue weighted by atomic mass is 16.3. The van der Waals surface area contributed by atoms with Crippen molar-refractivity contribution in [1.82, 2.24) is 15.1 Å². The third kappa shape index (κ3) is 3.98. The predicted octanol–water partition coefficient (Wildman–Crippen LogP) is 1.80. The molecule has 2 aromatic carbocycles. The van der Waals surface area contributed by atoms with Crippen molar-refractivity contribution in [3.05, 3.63) is 70.3 Å². The number of imide groups is 1. The molecule has 8 nitrogen and oxygen atoms in total. The molecule has 34 heavy (non-hydrogen) atoms. The van der Waals surface area contributed by atoms with Gasteiger partial charge < -0.3 is 10.0 Å². The van der Waals surface area contributed by atoms with Crippen LogP contribution in [-0.2, 0) is 28.3 Å². The average molecular weight is 459 g/mol. The van der Waals surface area contributed by atoms with Gasteiger partial charge in [-0.3, -0.25) is 24.6 Å². The Labute approximate surface area is 197 Å². The zero-order valence-corrected chi connectivity index (χ0v) is 18.8. The molecular formula is C26H26N4O4. The molecule has 0 aromatic heterocycles. The van der Waals surface area contributed by atoms with E-state index in [9.17, 15) is 24.8 Å². The summed E-state index contributed by atoms with van der Waals surface area (Å²) >= 11 is 0. The highest BCUT2D eigenvalue weighted by Crippen LogP contribution is 2.36. The molecule has 2 aromatic rings. The van der Waals surface area contributed by atoms with Crippen molar-refractivity contribution < 1.29 is 19.5 Å². The number of nitrogens with one attached hydrogen (secondary N) is 1. The molecule has 1 atom stereocenters. The fourth-order valence-electron chi connectivity index (χ4n) is 5.24. The molecule has 0 spiro atoms. The maximum atomic E-state index is 12.9. The summed E-state index contributed by atoms with van der Waals surface area (Å²) in [5, 5.41) is 23.1. The number of aliphatic hydroxyl groups is 1. The standard InChI is InChI=1S/C26H26N4O4/c27-14-17-3-1-2-4-18(17)15-29-11-9-26(34,10-12-29)20-5-6-21-19(13-20)16-30(25(21)33)22-7-8-23(31)28-24(22)32/h1-6,13,22,34H,7-12,15-16H2,(H,28,31,32). The molecule has 2 saturated heterocycles. The van der Waals surface area contributed by atoms with Crippen molar-refractivity contribution >= 4 is 17.7 Å². The smallest absolute Gasteiger partial charge is 0.255 e. The molecule has 0 radical (unpaired) electrons. The number of piperidine rings is 2. The first kappa shape index (κ1) is 22.3. The van der Waals surface area contributed by atoms with E-state index >= 15 is 0 Å². The van der Waals surface area contributed by atoms with Crippen molar-refractivity contribution in [2.24, 2.45) is 0 Å². The minimum atomic E-state index is -0.995. The SMILES string of the molecule is N#Cc1ccccc1CN1CCC(O)(c2ccc3c(c2)CN(C2CCC(=O)NC2=O)C3=O)CC1. The van der Waals surface area contributed by atoms with E-state index in [1.807, 2.05) is 36.4 Å². The summed E-state index contributed by atoms with van der Waals surface area (Å²) in [6.07, 6.45) is 1.64. The Morgan fingerprint density at radius 2 is 1.88 bits per heavy atom. The Morgan fingerprint density at radius 3 is 2.62 bits per heavy atom. The lowest BCUT2D eigenvalue weighted by Gasteiger charge is -2.38. The van der Waals surface area contributed by atoms with Crippen LogP contribution in [-0.4, -0.2) is 51.8 Å². The third-order valence-corrected chi connectivity index (χ3v) is 7.28. The second-order valence-electron chi connectivity index (χ2n) is 9.35. The number of hydrogen-bond donors (Lipinski definition) is 2. The first-order chi connectivity index (χ1) is 16.4. The first-order valence-corrected chi connectivity index (χ1v) is 11.6. The summed E-state index contributed by atoms with van der Waals surface area (Å²) in [5.74, 6) is -0.951. The van der Waals surface area contributed by atoms with Crippen LogP contribution in [0, 0.1) is 11.3 Å². The zero-order valence-electron chi connectivity index (χ0n) is 18.8. The van der Waals surface area contributed by atoms with Crippen molar-refractivity contribution in [2.75, 3.05) is 13.1 Å². The van der Waals surface area contributed by atoms with Crippen LogP contribution in [0.15, 0.2) is 42.5 Å². The lowest BCUT2D eigenvalue weighted by molar-refractivity contribution is -0.136. The quantitative estimate of drug-likeness (QED) is 0.676. The molecule has 0 aliphatic carbocycles. The van der Waals surface area contributed by atoms with Crippen LogP contribution in [0.1, 0.15) is 58.3 Å². The molecule has 3 amide bonds. The van der Waals surface area contributed by atoms with E-state index in [0.29, 0.717) is 56.6 Å². The van der Waals surface area contributed by atoms with Crippen LogP contribution in [0.2, 0.25) is 0 Å². The Balaban J connectivity index is 1.28. The second-order valence-corrected chi connectivity index (χ2v) is 9.35. The Morgan fingerprint density at radius 1 is 1.12 bits per heavy atom. The van der Waals surface area contributed by atoms with Gasteiger partial charge in [0.2, 0.25) is 11.8 Å². The molecular weight excluding hydrogens is 432 g/mol. The molecule has 2 N–H and O–H groups in total. The van der Waals surface area contributed by atoms with Crippen LogP contribution < -0.4 is 5.32 Å². The van der Waals surface area contributed by atoms with Gasteiger partial charge in [0.05, 0.1) is 17.2 Å². The maximum absolute atomic E-state index is 12.9. The minimum Gasteiger partial charge on any atom is -0.385 e. The summed E-state index contributed by atoms with van der Waals surface area (Å²) in [6.45, 7) is 2.34. The molecule has 2 fully saturated rings. The lowest BCUT2D eigenvalue weighted by atomic mass is 9.83. The van der Waals surface area contributed by atoms with Gasteiger partial charge in [0, 0.05) is 38.2 Å². The van der Waals surface area contributed by atoms with Crippen molar-refractivity contribution in [3.8, 4) is 6.07 Å². The van der Waals surface area contributed by atoms with Crippen LogP contribution in [0.3, 0.4) is 0 Å². The monoisotopic (exact) mass is 458 g/mol. The van der Waals surface area contributed by atoms with E-state index in [1.165, 1.54) is 4.90 Å². The molecule has 3 heterocycles. The molecule has 3 aliphatic rings. The van der Waals surface area contributed by atoms with Gasteiger partial charge in [0.1, 0.15) is 6.04 Å². The number of rotatable bonds is 4. The molecule has 0 saturated carbocycles. The number of nitriles is 1. The van der Waals surface area contributed by atoms with Crippen molar-refractivity contribution in [3.63, 3.8) is 0 Å². The van der Waals surface area contributed by atoms with Gasteiger partial charge in [-0.25, -0.2) is 0 Å². The number of hydrogen-bond acceptors (Lipinski definition) is 6. The summed E-state index contributed by atoms with van der Waals surface area (Å²) < 4.78 is 0. The van der Waals surface area contributed by atoms with Gasteiger partial charge in [-0.2, -0.15) is 5.26 Å². The van der Waals surface area contributed by atoms with Gasteiger partial charge in [0.15, 0.2) is 0 Å². The predicted molar refractivity (Wildman–Crippen MR) is 122 cm³/mol. The van der Waals surface area contributed by atoms with Crippen molar-refractivity contribution in [1.29, 1.82) is 5.26 Å². The molecule has 8 heteroatoms. The number of benzene rings is 2. The van der Waals surface area contributed by atoms with Gasteiger partial charge in [0.25, 0.3) is 5.91 Å². The van der Waals surface area contributed by atoms with E-state index in [4.69, 9.17) is 0 Å². The minimum absolute atomic E-state index is 0.214. The fraction of sp³-hybridized carbons (Fsp3) is 0.385. The molecule has 5 rings (SSSR count). The fourth-order valence-corrected chi connectivity index (χ4v) is 5.24. The number of fused-ring (bicyclic) bond motifs is 1. The number of amides is 3. The average Bonchev–Trinajstić information content (AvgIpc) is 3.16. The topological polar surface area (TPSA) is 114 Å². The third-order valence-electron chi connectivity index (χ3n) is 7.28. The summed E-state index contributed by atoms with van der Waals surface area (Å²) in [5.41, 5.74) is 2.79. The summed E-state index contributed by atoms with van der Waals surface area (Å²) in [6, 6.07) is 14.6. The van der Waals surface area contributed by atoms with Crippen LogP contribution >= 0.6 is 0 Å². The lowest BCUT2D eigenvalue weighted by Crippen LogP contribution is -2.52. The summed E-state index contributed by atoms with van der Waals surface area (Å²) in [7, 11) is 0. The van der Waals surface area contributed by atoms with E-state index < -0.39 is 17.6 Å². The van der Waals surface area contributed by atoms with Gasteiger partial charge in [-0.05, 0) is 48.1 Å². The maximum Gasteiger partial charge on any atom is 0.255 e. The Hall–Kier alpha value is -3.54. The van der Waals surface area contributed by atoms with Crippen molar-refractivity contribution in [2.45, 2.75) is 50.4 Å². The van der Waals surface area contributed by atoms with Gasteiger partial charge >= 0.3 is 0 Å². The first-order valence-electron chi connectivity index (χ1n) is 11.6. The van der Waals surface area contributed by atoms with E-state index in [1.54, 1.807) is 6.07 Å². The number of likely N-dealkylation sites (tertiary alicyclic amines) is 1. The van der Waals surface area contributed by atoms with Gasteiger partial charge in [-0.1, -0.05) is 30.3 Å². The van der Waals surface area contributed by atoms with Crippen LogP contribution in [0.4, 0.5) is 0 Å². The van der Waals surface area contributed by atoms with E-state index in [0.717, 1.165) is 16.7 Å². The normalized spacial score (nSPS) is 22.3. The van der Waals surface area contributed by atoms with Crippen LogP contribution in [0.5, 0.6) is 0 Å². The number of carbonyl (C=O) groups is 3. The van der Waals surface area contributed by atoms with Crippen LogP contribution in [0.25, 0.3) is 0 Å².